The Labute approximate surface area is 106 Å². The van der Waals surface area contributed by atoms with E-state index in [0.717, 1.165) is 19.7 Å². The van der Waals surface area contributed by atoms with Crippen molar-refractivity contribution in [2.24, 2.45) is 0 Å². The summed E-state index contributed by atoms with van der Waals surface area (Å²) in [5.74, 6) is 0. The molecule has 2 heterocycles. The molecule has 1 aromatic heterocycles. The lowest BCUT2D eigenvalue weighted by Crippen LogP contribution is -2.25. The van der Waals surface area contributed by atoms with Crippen LogP contribution >= 0.6 is 11.3 Å². The molecule has 2 aromatic rings. The van der Waals surface area contributed by atoms with Crippen molar-refractivity contribution < 1.29 is 4.74 Å². The first-order chi connectivity index (χ1) is 8.42. The van der Waals surface area contributed by atoms with Crippen LogP contribution in [0.25, 0.3) is 10.1 Å². The van der Waals surface area contributed by atoms with Crippen LogP contribution in [0, 0.1) is 0 Å². The van der Waals surface area contributed by atoms with Gasteiger partial charge in [0.05, 0.1) is 6.10 Å². The van der Waals surface area contributed by atoms with E-state index in [0.29, 0.717) is 6.10 Å². The maximum absolute atomic E-state index is 5.59. The van der Waals surface area contributed by atoms with E-state index >= 15 is 0 Å². The monoisotopic (exact) mass is 247 g/mol. The van der Waals surface area contributed by atoms with Crippen LogP contribution in [0.4, 0.5) is 0 Å². The molecule has 0 aliphatic carbocycles. The Hall–Kier alpha value is -0.900. The van der Waals surface area contributed by atoms with Gasteiger partial charge < -0.3 is 10.1 Å². The van der Waals surface area contributed by atoms with Gasteiger partial charge in [0.25, 0.3) is 0 Å². The quantitative estimate of drug-likeness (QED) is 0.896. The van der Waals surface area contributed by atoms with E-state index in [2.05, 4.69) is 35.6 Å². The lowest BCUT2D eigenvalue weighted by atomic mass is 10.2. The summed E-state index contributed by atoms with van der Waals surface area (Å²) in [5, 5.41) is 4.84. The van der Waals surface area contributed by atoms with Crippen LogP contribution in [0.15, 0.2) is 30.3 Å². The van der Waals surface area contributed by atoms with Crippen molar-refractivity contribution in [1.82, 2.24) is 5.32 Å². The lowest BCUT2D eigenvalue weighted by molar-refractivity contribution is 0.110. The Morgan fingerprint density at radius 2 is 2.29 bits per heavy atom. The maximum Gasteiger partial charge on any atom is 0.0700 e. The summed E-state index contributed by atoms with van der Waals surface area (Å²) in [7, 11) is 0. The summed E-state index contributed by atoms with van der Waals surface area (Å²) in [6, 6.07) is 10.8. The fourth-order valence-electron chi connectivity index (χ4n) is 2.29. The number of fused-ring (bicyclic) bond motifs is 1. The zero-order chi connectivity index (χ0) is 11.5. The first-order valence-corrected chi connectivity index (χ1v) is 7.03. The van der Waals surface area contributed by atoms with Crippen LogP contribution in [0.2, 0.25) is 0 Å². The Morgan fingerprint density at radius 3 is 3.12 bits per heavy atom. The molecule has 1 aromatic carbocycles. The molecule has 90 valence electrons. The van der Waals surface area contributed by atoms with Crippen LogP contribution in [-0.4, -0.2) is 19.3 Å². The van der Waals surface area contributed by atoms with E-state index in [1.807, 2.05) is 11.3 Å². The first kappa shape index (κ1) is 11.2. The van der Waals surface area contributed by atoms with E-state index in [1.54, 1.807) is 0 Å². The van der Waals surface area contributed by atoms with Crippen LogP contribution in [0.3, 0.4) is 0 Å². The Morgan fingerprint density at radius 1 is 1.35 bits per heavy atom. The number of rotatable bonds is 4. The van der Waals surface area contributed by atoms with Crippen molar-refractivity contribution in [3.63, 3.8) is 0 Å². The van der Waals surface area contributed by atoms with Crippen molar-refractivity contribution in [3.8, 4) is 0 Å². The lowest BCUT2D eigenvalue weighted by Gasteiger charge is -2.09. The molecule has 1 aliphatic heterocycles. The Kier molecular flexibility index (Phi) is 3.41. The molecular weight excluding hydrogens is 230 g/mol. The zero-order valence-electron chi connectivity index (χ0n) is 9.82. The van der Waals surface area contributed by atoms with Crippen LogP contribution < -0.4 is 5.32 Å². The van der Waals surface area contributed by atoms with E-state index in [9.17, 15) is 0 Å². The molecule has 0 radical (unpaired) electrons. The van der Waals surface area contributed by atoms with Gasteiger partial charge in [-0.2, -0.15) is 0 Å². The fraction of sp³-hybridized carbons (Fsp3) is 0.429. The highest BCUT2D eigenvalue weighted by Crippen LogP contribution is 2.25. The second kappa shape index (κ2) is 5.17. The first-order valence-electron chi connectivity index (χ1n) is 6.21. The summed E-state index contributed by atoms with van der Waals surface area (Å²) in [5.41, 5.74) is 0. The number of nitrogens with one attached hydrogen (secondary N) is 1. The number of hydrogen-bond donors (Lipinski definition) is 1. The van der Waals surface area contributed by atoms with Crippen LogP contribution in [0.5, 0.6) is 0 Å². The maximum atomic E-state index is 5.59. The Balaban J connectivity index is 1.57. The van der Waals surface area contributed by atoms with E-state index in [1.165, 1.54) is 27.8 Å². The van der Waals surface area contributed by atoms with Gasteiger partial charge in [0.15, 0.2) is 0 Å². The molecule has 0 bridgehead atoms. The van der Waals surface area contributed by atoms with Gasteiger partial charge in [0.2, 0.25) is 0 Å². The molecule has 0 saturated carbocycles. The number of thiophene rings is 1. The van der Waals surface area contributed by atoms with E-state index in [-0.39, 0.29) is 0 Å². The molecule has 1 aliphatic rings. The fourth-order valence-corrected chi connectivity index (χ4v) is 3.32. The van der Waals surface area contributed by atoms with Crippen molar-refractivity contribution in [3.05, 3.63) is 35.2 Å². The van der Waals surface area contributed by atoms with Gasteiger partial charge in [-0.1, -0.05) is 18.2 Å². The average molecular weight is 247 g/mol. The van der Waals surface area contributed by atoms with Gasteiger partial charge in [0.1, 0.15) is 0 Å². The summed E-state index contributed by atoms with van der Waals surface area (Å²) in [4.78, 5) is 1.41. The second-order valence-electron chi connectivity index (χ2n) is 4.52. The predicted molar refractivity (Wildman–Crippen MR) is 72.5 cm³/mol. The standard InChI is InChI=1S/C14H17NOS/c1-2-6-14-11(4-1)8-13(17-14)10-15-9-12-5-3-7-16-12/h1-2,4,6,8,12,15H,3,5,7,9-10H2. The normalized spacial score (nSPS) is 20.1. The second-order valence-corrected chi connectivity index (χ2v) is 5.68. The minimum atomic E-state index is 0.435. The van der Waals surface area contributed by atoms with Crippen molar-refractivity contribution in [2.45, 2.75) is 25.5 Å². The summed E-state index contributed by atoms with van der Waals surface area (Å²) in [6.45, 7) is 2.88. The third-order valence-electron chi connectivity index (χ3n) is 3.17. The third-order valence-corrected chi connectivity index (χ3v) is 4.29. The summed E-state index contributed by atoms with van der Waals surface area (Å²) < 4.78 is 6.97. The molecular formula is C14H17NOS. The van der Waals surface area contributed by atoms with Crippen LogP contribution in [0.1, 0.15) is 17.7 Å². The average Bonchev–Trinajstić information content (AvgIpc) is 2.96. The summed E-state index contributed by atoms with van der Waals surface area (Å²) in [6.07, 6.45) is 2.86. The number of ether oxygens (including phenoxy) is 1. The Bertz CT molecular complexity index is 455. The molecule has 2 nitrogen and oxygen atoms in total. The molecule has 3 heteroatoms. The van der Waals surface area contributed by atoms with Gasteiger partial charge >= 0.3 is 0 Å². The molecule has 17 heavy (non-hydrogen) atoms. The van der Waals surface area contributed by atoms with E-state index < -0.39 is 0 Å². The SMILES string of the molecule is c1ccc2sc(CNCC3CCCO3)cc2c1. The largest absolute Gasteiger partial charge is 0.377 e. The molecule has 1 saturated heterocycles. The van der Waals surface area contributed by atoms with Crippen molar-refractivity contribution >= 4 is 21.4 Å². The van der Waals surface area contributed by atoms with Gasteiger partial charge in [-0.25, -0.2) is 0 Å². The number of hydrogen-bond acceptors (Lipinski definition) is 3. The zero-order valence-corrected chi connectivity index (χ0v) is 10.6. The topological polar surface area (TPSA) is 21.3 Å². The molecule has 1 unspecified atom stereocenters. The number of benzene rings is 1. The van der Waals surface area contributed by atoms with Crippen molar-refractivity contribution in [2.75, 3.05) is 13.2 Å². The minimum Gasteiger partial charge on any atom is -0.377 e. The van der Waals surface area contributed by atoms with Crippen molar-refractivity contribution in [1.29, 1.82) is 0 Å². The molecule has 1 N–H and O–H groups in total. The van der Waals surface area contributed by atoms with Gasteiger partial charge in [-0.15, -0.1) is 11.3 Å². The van der Waals surface area contributed by atoms with E-state index in [4.69, 9.17) is 4.74 Å². The molecule has 0 spiro atoms. The molecule has 3 rings (SSSR count). The highest BCUT2D eigenvalue weighted by molar-refractivity contribution is 7.19. The predicted octanol–water partition coefficient (Wildman–Crippen LogP) is 3.17. The van der Waals surface area contributed by atoms with Crippen LogP contribution in [-0.2, 0) is 11.3 Å². The summed E-state index contributed by atoms with van der Waals surface area (Å²) >= 11 is 1.88. The molecule has 1 fully saturated rings. The van der Waals surface area contributed by atoms with Gasteiger partial charge in [0, 0.05) is 29.3 Å². The molecule has 0 amide bonds. The minimum absolute atomic E-state index is 0.435. The van der Waals surface area contributed by atoms with Gasteiger partial charge in [-0.05, 0) is 30.4 Å². The highest BCUT2D eigenvalue weighted by atomic mass is 32.1. The third kappa shape index (κ3) is 2.68. The smallest absolute Gasteiger partial charge is 0.0700 e. The van der Waals surface area contributed by atoms with Gasteiger partial charge in [-0.3, -0.25) is 0 Å². The molecule has 1 atom stereocenters. The highest BCUT2D eigenvalue weighted by Gasteiger charge is 2.14.